The van der Waals surface area contributed by atoms with Crippen LogP contribution in [-0.4, -0.2) is 6.61 Å². The molecule has 25 heavy (non-hydrogen) atoms. The van der Waals surface area contributed by atoms with Gasteiger partial charge in [0.15, 0.2) is 5.82 Å². The van der Waals surface area contributed by atoms with Gasteiger partial charge in [-0.1, -0.05) is 67.1 Å². The fourth-order valence-corrected chi connectivity index (χ4v) is 3.02. The third kappa shape index (κ3) is 3.69. The first kappa shape index (κ1) is 17.5. The predicted octanol–water partition coefficient (Wildman–Crippen LogP) is 6.77. The SMILES string of the molecule is CCOc1ccc(-c2ccc(-c3ccc(CC)cc3)cc2)c(F)c1Cl. The monoisotopic (exact) mass is 354 g/mol. The topological polar surface area (TPSA) is 9.23 Å². The van der Waals surface area contributed by atoms with Gasteiger partial charge >= 0.3 is 0 Å². The lowest BCUT2D eigenvalue weighted by atomic mass is 9.99. The van der Waals surface area contributed by atoms with Gasteiger partial charge < -0.3 is 4.74 Å². The number of hydrogen-bond donors (Lipinski definition) is 0. The molecular weight excluding hydrogens is 335 g/mol. The summed E-state index contributed by atoms with van der Waals surface area (Å²) in [6, 6.07) is 19.7. The van der Waals surface area contributed by atoms with Crippen LogP contribution >= 0.6 is 11.6 Å². The van der Waals surface area contributed by atoms with E-state index in [0.717, 1.165) is 23.1 Å². The van der Waals surface area contributed by atoms with Crippen molar-refractivity contribution in [1.82, 2.24) is 0 Å². The van der Waals surface area contributed by atoms with Gasteiger partial charge in [-0.25, -0.2) is 4.39 Å². The van der Waals surface area contributed by atoms with Crippen molar-refractivity contribution in [2.75, 3.05) is 6.61 Å². The second-order valence-corrected chi connectivity index (χ2v) is 6.18. The molecule has 0 bridgehead atoms. The van der Waals surface area contributed by atoms with Gasteiger partial charge in [0.25, 0.3) is 0 Å². The molecule has 0 aliphatic carbocycles. The Bertz CT molecular complexity index is 854. The third-order valence-corrected chi connectivity index (χ3v) is 4.59. The second kappa shape index (κ2) is 7.71. The van der Waals surface area contributed by atoms with E-state index >= 15 is 0 Å². The molecule has 0 aliphatic heterocycles. The van der Waals surface area contributed by atoms with Gasteiger partial charge in [-0.3, -0.25) is 0 Å². The van der Waals surface area contributed by atoms with Crippen LogP contribution in [0.15, 0.2) is 60.7 Å². The Morgan fingerprint density at radius 1 is 0.800 bits per heavy atom. The molecule has 0 unspecified atom stereocenters. The van der Waals surface area contributed by atoms with Gasteiger partial charge in [-0.05, 0) is 47.7 Å². The van der Waals surface area contributed by atoms with Gasteiger partial charge in [0.05, 0.1) is 6.61 Å². The van der Waals surface area contributed by atoms with Crippen LogP contribution in [0.1, 0.15) is 19.4 Å². The Morgan fingerprint density at radius 2 is 1.36 bits per heavy atom. The highest BCUT2D eigenvalue weighted by Crippen LogP contribution is 2.35. The minimum atomic E-state index is -0.451. The van der Waals surface area contributed by atoms with Gasteiger partial charge in [0.1, 0.15) is 10.8 Å². The largest absolute Gasteiger partial charge is 0.492 e. The van der Waals surface area contributed by atoms with Crippen molar-refractivity contribution in [3.05, 3.63) is 77.1 Å². The number of aryl methyl sites for hydroxylation is 1. The lowest BCUT2D eigenvalue weighted by Crippen LogP contribution is -1.95. The molecule has 3 heteroatoms. The summed E-state index contributed by atoms with van der Waals surface area (Å²) in [5, 5.41) is 0.0265. The fraction of sp³-hybridized carbons (Fsp3) is 0.182. The van der Waals surface area contributed by atoms with E-state index in [2.05, 4.69) is 31.2 Å². The molecule has 0 aliphatic rings. The molecule has 0 amide bonds. The molecule has 3 rings (SSSR count). The second-order valence-electron chi connectivity index (χ2n) is 5.80. The summed E-state index contributed by atoms with van der Waals surface area (Å²) in [4.78, 5) is 0. The van der Waals surface area contributed by atoms with E-state index < -0.39 is 5.82 Å². The van der Waals surface area contributed by atoms with Gasteiger partial charge in [0, 0.05) is 5.56 Å². The minimum Gasteiger partial charge on any atom is -0.492 e. The highest BCUT2D eigenvalue weighted by molar-refractivity contribution is 6.32. The van der Waals surface area contributed by atoms with E-state index in [0.29, 0.717) is 17.9 Å². The molecule has 0 N–H and O–H groups in total. The van der Waals surface area contributed by atoms with Gasteiger partial charge in [-0.2, -0.15) is 0 Å². The lowest BCUT2D eigenvalue weighted by molar-refractivity contribution is 0.338. The van der Waals surface area contributed by atoms with E-state index in [1.165, 1.54) is 5.56 Å². The van der Waals surface area contributed by atoms with Crippen molar-refractivity contribution in [2.45, 2.75) is 20.3 Å². The molecule has 0 saturated carbocycles. The standard InChI is InChI=1S/C22H20ClFO/c1-3-15-5-7-16(8-6-15)17-9-11-18(12-10-17)19-13-14-20(25-4-2)21(23)22(19)24/h5-14H,3-4H2,1-2H3. The average molecular weight is 355 g/mol. The van der Waals surface area contributed by atoms with Crippen LogP contribution in [-0.2, 0) is 6.42 Å². The quantitative estimate of drug-likeness (QED) is 0.491. The summed E-state index contributed by atoms with van der Waals surface area (Å²) in [7, 11) is 0. The van der Waals surface area contributed by atoms with Crippen LogP contribution in [0.5, 0.6) is 5.75 Å². The molecule has 3 aromatic carbocycles. The molecule has 128 valence electrons. The molecule has 0 fully saturated rings. The van der Waals surface area contributed by atoms with Gasteiger partial charge in [-0.15, -0.1) is 0 Å². The Kier molecular flexibility index (Phi) is 5.40. The van der Waals surface area contributed by atoms with Crippen LogP contribution in [0.25, 0.3) is 22.3 Å². The van der Waals surface area contributed by atoms with Gasteiger partial charge in [0.2, 0.25) is 0 Å². The molecule has 1 nitrogen and oxygen atoms in total. The first-order valence-corrected chi connectivity index (χ1v) is 8.82. The van der Waals surface area contributed by atoms with Crippen LogP contribution in [0, 0.1) is 5.82 Å². The molecule has 0 spiro atoms. The zero-order valence-corrected chi connectivity index (χ0v) is 15.1. The Morgan fingerprint density at radius 3 is 1.92 bits per heavy atom. The maximum Gasteiger partial charge on any atom is 0.153 e. The molecule has 3 aromatic rings. The predicted molar refractivity (Wildman–Crippen MR) is 103 cm³/mol. The summed E-state index contributed by atoms with van der Waals surface area (Å²) in [5.41, 5.74) is 4.82. The van der Waals surface area contributed by atoms with E-state index in [1.54, 1.807) is 12.1 Å². The summed E-state index contributed by atoms with van der Waals surface area (Å²) in [5.74, 6) is -0.0780. The van der Waals surface area contributed by atoms with E-state index in [-0.39, 0.29) is 5.02 Å². The minimum absolute atomic E-state index is 0.0265. The van der Waals surface area contributed by atoms with E-state index in [4.69, 9.17) is 16.3 Å². The van der Waals surface area contributed by atoms with E-state index in [9.17, 15) is 4.39 Å². The number of rotatable bonds is 5. The molecule has 0 heterocycles. The Labute approximate surface area is 153 Å². The Balaban J connectivity index is 1.90. The zero-order chi connectivity index (χ0) is 17.8. The highest BCUT2D eigenvalue weighted by Gasteiger charge is 2.14. The zero-order valence-electron chi connectivity index (χ0n) is 14.4. The molecule has 0 aromatic heterocycles. The van der Waals surface area contributed by atoms with E-state index in [1.807, 2.05) is 31.2 Å². The average Bonchev–Trinajstić information content (AvgIpc) is 2.66. The third-order valence-electron chi connectivity index (χ3n) is 4.24. The van der Waals surface area contributed by atoms with Crippen molar-refractivity contribution in [2.24, 2.45) is 0 Å². The first-order chi connectivity index (χ1) is 12.1. The lowest BCUT2D eigenvalue weighted by Gasteiger charge is -2.11. The normalized spacial score (nSPS) is 10.7. The molecule has 0 radical (unpaired) electrons. The summed E-state index contributed by atoms with van der Waals surface area (Å²) >= 11 is 6.08. The smallest absolute Gasteiger partial charge is 0.153 e. The number of benzene rings is 3. The summed E-state index contributed by atoms with van der Waals surface area (Å²) in [6.45, 7) is 4.43. The van der Waals surface area contributed by atoms with Crippen molar-refractivity contribution >= 4 is 11.6 Å². The first-order valence-electron chi connectivity index (χ1n) is 8.44. The highest BCUT2D eigenvalue weighted by atomic mass is 35.5. The summed E-state index contributed by atoms with van der Waals surface area (Å²) < 4.78 is 19.9. The Hall–Kier alpha value is -2.32. The number of ether oxygens (including phenoxy) is 1. The van der Waals surface area contributed by atoms with Crippen LogP contribution in [0.2, 0.25) is 5.02 Å². The molecule has 0 saturated heterocycles. The van der Waals surface area contributed by atoms with Crippen molar-refractivity contribution in [3.8, 4) is 28.0 Å². The molecule has 0 atom stereocenters. The maximum absolute atomic E-state index is 14.6. The van der Waals surface area contributed by atoms with Crippen molar-refractivity contribution < 1.29 is 9.13 Å². The van der Waals surface area contributed by atoms with Crippen molar-refractivity contribution in [3.63, 3.8) is 0 Å². The summed E-state index contributed by atoms with van der Waals surface area (Å²) in [6.07, 6.45) is 1.02. The number of hydrogen-bond acceptors (Lipinski definition) is 1. The van der Waals surface area contributed by atoms with Crippen LogP contribution < -0.4 is 4.74 Å². The van der Waals surface area contributed by atoms with Crippen LogP contribution in [0.3, 0.4) is 0 Å². The number of halogens is 2. The van der Waals surface area contributed by atoms with Crippen LogP contribution in [0.4, 0.5) is 4.39 Å². The maximum atomic E-state index is 14.6. The van der Waals surface area contributed by atoms with Crippen molar-refractivity contribution in [1.29, 1.82) is 0 Å². The molecular formula is C22H20ClFO. The fourth-order valence-electron chi connectivity index (χ4n) is 2.80.